The second-order valence-corrected chi connectivity index (χ2v) is 7.97. The van der Waals surface area contributed by atoms with Gasteiger partial charge in [0.1, 0.15) is 0 Å². The molecule has 150 valence electrons. The van der Waals surface area contributed by atoms with E-state index in [9.17, 15) is 4.79 Å². The zero-order valence-corrected chi connectivity index (χ0v) is 17.2. The summed E-state index contributed by atoms with van der Waals surface area (Å²) >= 11 is 1.28. The monoisotopic (exact) mass is 411 g/mol. The minimum absolute atomic E-state index is 0.216. The van der Waals surface area contributed by atoms with Gasteiger partial charge in [-0.25, -0.2) is 0 Å². The molecular weight excluding hydrogens is 390 g/mol. The highest BCUT2D eigenvalue weighted by Gasteiger charge is 2.14. The van der Waals surface area contributed by atoms with E-state index in [2.05, 4.69) is 23.9 Å². The summed E-state index contributed by atoms with van der Waals surface area (Å²) in [6.45, 7) is 4.94. The van der Waals surface area contributed by atoms with E-state index in [1.54, 1.807) is 31.6 Å². The lowest BCUT2D eigenvalue weighted by atomic mass is 10.1. The summed E-state index contributed by atoms with van der Waals surface area (Å²) in [7, 11) is 1.60. The molecular formula is C21H21N3O4S. The van der Waals surface area contributed by atoms with Crippen molar-refractivity contribution in [2.24, 2.45) is 5.92 Å². The Morgan fingerprint density at radius 1 is 1.28 bits per heavy atom. The molecule has 0 fully saturated rings. The molecule has 3 aromatic heterocycles. The van der Waals surface area contributed by atoms with Crippen LogP contribution in [-0.4, -0.2) is 28.3 Å². The first kappa shape index (κ1) is 19.2. The van der Waals surface area contributed by atoms with E-state index >= 15 is 0 Å². The van der Waals surface area contributed by atoms with Gasteiger partial charge in [0.15, 0.2) is 17.3 Å². The number of ether oxygens (including phenoxy) is 2. The third-order valence-electron chi connectivity index (χ3n) is 4.36. The lowest BCUT2D eigenvalue weighted by Gasteiger charge is -2.12. The second kappa shape index (κ2) is 8.08. The van der Waals surface area contributed by atoms with Gasteiger partial charge in [-0.15, -0.1) is 5.10 Å². The average molecular weight is 411 g/mol. The van der Waals surface area contributed by atoms with Gasteiger partial charge >= 0.3 is 0 Å². The van der Waals surface area contributed by atoms with E-state index in [1.807, 2.05) is 18.2 Å². The summed E-state index contributed by atoms with van der Waals surface area (Å²) < 4.78 is 18.4. The Labute approximate surface area is 171 Å². The third kappa shape index (κ3) is 4.02. The largest absolute Gasteiger partial charge is 0.493 e. The first-order chi connectivity index (χ1) is 14.0. The smallest absolute Gasteiger partial charge is 0.291 e. The van der Waals surface area contributed by atoms with Crippen LogP contribution in [0, 0.1) is 5.92 Å². The Balaban J connectivity index is 1.63. The summed E-state index contributed by atoms with van der Waals surface area (Å²) in [5, 5.41) is 4.26. The number of nitrogens with zero attached hydrogens (tertiary/aromatic N) is 3. The van der Waals surface area contributed by atoms with E-state index in [1.165, 1.54) is 15.9 Å². The summed E-state index contributed by atoms with van der Waals surface area (Å²) in [4.78, 5) is 17.6. The summed E-state index contributed by atoms with van der Waals surface area (Å²) in [5.41, 5.74) is 0.623. The Morgan fingerprint density at radius 3 is 2.83 bits per heavy atom. The predicted octanol–water partition coefficient (Wildman–Crippen LogP) is 3.39. The summed E-state index contributed by atoms with van der Waals surface area (Å²) in [5.74, 6) is 2.83. The molecule has 7 nitrogen and oxygen atoms in total. The maximum Gasteiger partial charge on any atom is 0.291 e. The van der Waals surface area contributed by atoms with Gasteiger partial charge in [-0.2, -0.15) is 9.50 Å². The number of fused-ring (bicyclic) bond motifs is 1. The fraction of sp³-hybridized carbons (Fsp3) is 0.286. The van der Waals surface area contributed by atoms with E-state index in [0.29, 0.717) is 45.1 Å². The van der Waals surface area contributed by atoms with Gasteiger partial charge < -0.3 is 13.9 Å². The van der Waals surface area contributed by atoms with Crippen molar-refractivity contribution in [1.82, 2.24) is 14.6 Å². The van der Waals surface area contributed by atoms with Crippen molar-refractivity contribution >= 4 is 22.4 Å². The summed E-state index contributed by atoms with van der Waals surface area (Å²) in [6, 6.07) is 9.13. The van der Waals surface area contributed by atoms with E-state index in [0.717, 1.165) is 12.0 Å². The molecule has 0 atom stereocenters. The molecule has 1 aromatic carbocycles. The van der Waals surface area contributed by atoms with Gasteiger partial charge in [-0.05, 0) is 48.2 Å². The average Bonchev–Trinajstić information content (AvgIpc) is 3.41. The number of aromatic nitrogens is 3. The van der Waals surface area contributed by atoms with Crippen LogP contribution in [0.4, 0.5) is 0 Å². The lowest BCUT2D eigenvalue weighted by Crippen LogP contribution is -2.23. The predicted molar refractivity (Wildman–Crippen MR) is 112 cm³/mol. The van der Waals surface area contributed by atoms with Gasteiger partial charge in [0.25, 0.3) is 5.56 Å². The molecule has 8 heteroatoms. The van der Waals surface area contributed by atoms with Crippen LogP contribution in [-0.2, 0) is 0 Å². The SMILES string of the molecule is COc1cc(/C=c2/sc3nc(-c4ccco4)nn3c2=O)ccc1OCCC(C)C. The molecule has 0 saturated heterocycles. The van der Waals surface area contributed by atoms with Crippen LogP contribution in [0.25, 0.3) is 22.6 Å². The summed E-state index contributed by atoms with van der Waals surface area (Å²) in [6.07, 6.45) is 4.32. The van der Waals surface area contributed by atoms with E-state index in [-0.39, 0.29) is 5.56 Å². The van der Waals surface area contributed by atoms with Crippen LogP contribution in [0.1, 0.15) is 25.8 Å². The highest BCUT2D eigenvalue weighted by Crippen LogP contribution is 2.28. The van der Waals surface area contributed by atoms with Crippen LogP contribution < -0.4 is 19.6 Å². The normalized spacial score (nSPS) is 12.2. The first-order valence-corrected chi connectivity index (χ1v) is 10.1. The molecule has 3 heterocycles. The number of hydrogen-bond acceptors (Lipinski definition) is 7. The van der Waals surface area contributed by atoms with Crippen LogP contribution in [0.3, 0.4) is 0 Å². The minimum atomic E-state index is -0.216. The molecule has 4 aromatic rings. The van der Waals surface area contributed by atoms with Crippen LogP contribution in [0.5, 0.6) is 11.5 Å². The van der Waals surface area contributed by atoms with Gasteiger partial charge in [0.05, 0.1) is 24.5 Å². The van der Waals surface area contributed by atoms with Crippen LogP contribution >= 0.6 is 11.3 Å². The second-order valence-electron chi connectivity index (χ2n) is 6.96. The van der Waals surface area contributed by atoms with Crippen molar-refractivity contribution in [3.63, 3.8) is 0 Å². The number of methoxy groups -OCH3 is 1. The molecule has 0 aliphatic carbocycles. The van der Waals surface area contributed by atoms with Crippen molar-refractivity contribution < 1.29 is 13.9 Å². The molecule has 0 radical (unpaired) electrons. The Bertz CT molecular complexity index is 1230. The molecule has 0 amide bonds. The van der Waals surface area contributed by atoms with Gasteiger partial charge in [-0.3, -0.25) is 4.79 Å². The molecule has 4 rings (SSSR count). The maximum absolute atomic E-state index is 12.7. The quantitative estimate of drug-likeness (QED) is 0.464. The fourth-order valence-corrected chi connectivity index (χ4v) is 3.70. The molecule has 0 aliphatic rings. The van der Waals surface area contributed by atoms with Crippen molar-refractivity contribution in [1.29, 1.82) is 0 Å². The van der Waals surface area contributed by atoms with E-state index in [4.69, 9.17) is 13.9 Å². The topological polar surface area (TPSA) is 78.9 Å². The van der Waals surface area contributed by atoms with Crippen molar-refractivity contribution in [3.8, 4) is 23.1 Å². The molecule has 0 aliphatic heterocycles. The highest BCUT2D eigenvalue weighted by atomic mass is 32.1. The Morgan fingerprint density at radius 2 is 2.14 bits per heavy atom. The molecule has 0 N–H and O–H groups in total. The number of hydrogen-bond donors (Lipinski definition) is 0. The number of benzene rings is 1. The lowest BCUT2D eigenvalue weighted by molar-refractivity contribution is 0.273. The zero-order chi connectivity index (χ0) is 20.4. The van der Waals surface area contributed by atoms with Crippen molar-refractivity contribution in [3.05, 3.63) is 57.0 Å². The molecule has 29 heavy (non-hydrogen) atoms. The zero-order valence-electron chi connectivity index (χ0n) is 16.4. The highest BCUT2D eigenvalue weighted by molar-refractivity contribution is 7.15. The van der Waals surface area contributed by atoms with Crippen molar-refractivity contribution in [2.75, 3.05) is 13.7 Å². The van der Waals surface area contributed by atoms with Gasteiger partial charge in [-0.1, -0.05) is 31.3 Å². The number of thiazole rings is 1. The first-order valence-electron chi connectivity index (χ1n) is 9.31. The number of rotatable bonds is 7. The van der Waals surface area contributed by atoms with Crippen LogP contribution in [0.2, 0.25) is 0 Å². The minimum Gasteiger partial charge on any atom is -0.493 e. The Kier molecular flexibility index (Phi) is 5.35. The third-order valence-corrected chi connectivity index (χ3v) is 5.32. The molecule has 0 bridgehead atoms. The maximum atomic E-state index is 12.7. The molecule has 0 spiro atoms. The molecule has 0 unspecified atom stereocenters. The van der Waals surface area contributed by atoms with E-state index < -0.39 is 0 Å². The van der Waals surface area contributed by atoms with Crippen molar-refractivity contribution in [2.45, 2.75) is 20.3 Å². The number of furan rings is 1. The standard InChI is InChI=1S/C21H21N3O4S/c1-13(2)8-10-28-15-7-6-14(11-17(15)26-3)12-18-20(25)24-21(29-18)22-19(23-24)16-5-4-9-27-16/h4-7,9,11-13H,8,10H2,1-3H3/b18-12+. The van der Waals surface area contributed by atoms with Gasteiger partial charge in [0.2, 0.25) is 10.8 Å². The molecule has 0 saturated carbocycles. The fourth-order valence-electron chi connectivity index (χ4n) is 2.79. The van der Waals surface area contributed by atoms with Gasteiger partial charge in [0, 0.05) is 0 Å². The Hall–Kier alpha value is -3.13. The van der Waals surface area contributed by atoms with Crippen LogP contribution in [0.15, 0.2) is 45.8 Å².